The van der Waals surface area contributed by atoms with Gasteiger partial charge in [0.2, 0.25) is 0 Å². The minimum absolute atomic E-state index is 0.805. The van der Waals surface area contributed by atoms with Crippen LogP contribution in [0.2, 0.25) is 0 Å². The Morgan fingerprint density at radius 1 is 1.41 bits per heavy atom. The van der Waals surface area contributed by atoms with E-state index in [4.69, 9.17) is 0 Å². The number of aromatic nitrogens is 4. The molecular weight excluding hydrogens is 214 g/mol. The molecule has 2 aromatic rings. The maximum Gasteiger partial charge on any atom is 0.0953 e. The van der Waals surface area contributed by atoms with Gasteiger partial charge in [-0.1, -0.05) is 0 Å². The van der Waals surface area contributed by atoms with Crippen molar-refractivity contribution in [3.63, 3.8) is 0 Å². The first-order valence-corrected chi connectivity index (χ1v) is 5.91. The highest BCUT2D eigenvalue weighted by Crippen LogP contribution is 2.07. The van der Waals surface area contributed by atoms with E-state index in [2.05, 4.69) is 39.2 Å². The normalized spacial score (nSPS) is 11.0. The van der Waals surface area contributed by atoms with E-state index in [1.807, 2.05) is 25.0 Å². The van der Waals surface area contributed by atoms with Crippen LogP contribution in [0.3, 0.4) is 0 Å². The molecule has 5 heteroatoms. The molecule has 0 saturated heterocycles. The maximum absolute atomic E-state index is 4.44. The van der Waals surface area contributed by atoms with E-state index in [1.165, 1.54) is 5.69 Å². The molecule has 0 aliphatic rings. The van der Waals surface area contributed by atoms with Crippen LogP contribution in [-0.4, -0.2) is 26.4 Å². The van der Waals surface area contributed by atoms with E-state index >= 15 is 0 Å². The Hall–Kier alpha value is -1.62. The summed E-state index contributed by atoms with van der Waals surface area (Å²) in [5.74, 6) is 0. The molecule has 2 rings (SSSR count). The molecule has 0 aliphatic heterocycles. The number of hydrogen-bond acceptors (Lipinski definition) is 3. The average molecular weight is 233 g/mol. The Balaban J connectivity index is 2.13. The summed E-state index contributed by atoms with van der Waals surface area (Å²) >= 11 is 0. The molecule has 17 heavy (non-hydrogen) atoms. The van der Waals surface area contributed by atoms with E-state index in [-0.39, 0.29) is 0 Å². The zero-order chi connectivity index (χ0) is 12.3. The summed E-state index contributed by atoms with van der Waals surface area (Å²) in [5.41, 5.74) is 3.35. The lowest BCUT2D eigenvalue weighted by atomic mass is 10.3. The number of nitrogens with one attached hydrogen (secondary N) is 1. The second-order valence-corrected chi connectivity index (χ2v) is 4.16. The van der Waals surface area contributed by atoms with Crippen molar-refractivity contribution in [2.45, 2.75) is 33.5 Å². The van der Waals surface area contributed by atoms with Crippen molar-refractivity contribution < 1.29 is 0 Å². The van der Waals surface area contributed by atoms with Crippen LogP contribution in [0.5, 0.6) is 0 Å². The summed E-state index contributed by atoms with van der Waals surface area (Å²) in [6, 6.07) is 2.13. The predicted octanol–water partition coefficient (Wildman–Crippen LogP) is 1.18. The molecule has 2 aromatic heterocycles. The Labute approximate surface area is 101 Å². The molecule has 0 spiro atoms. The molecule has 5 nitrogen and oxygen atoms in total. The third-order valence-corrected chi connectivity index (χ3v) is 2.67. The third-order valence-electron chi connectivity index (χ3n) is 2.67. The molecular formula is C12H19N5. The first kappa shape index (κ1) is 11.9. The smallest absolute Gasteiger partial charge is 0.0953 e. The van der Waals surface area contributed by atoms with Crippen LogP contribution in [-0.2, 0) is 19.6 Å². The van der Waals surface area contributed by atoms with Gasteiger partial charge in [-0.05, 0) is 27.0 Å². The van der Waals surface area contributed by atoms with Gasteiger partial charge in [-0.2, -0.15) is 5.10 Å². The Kier molecular flexibility index (Phi) is 3.58. The van der Waals surface area contributed by atoms with Crippen LogP contribution < -0.4 is 5.32 Å². The fourth-order valence-corrected chi connectivity index (χ4v) is 1.95. The van der Waals surface area contributed by atoms with Gasteiger partial charge in [0.1, 0.15) is 0 Å². The minimum atomic E-state index is 0.805. The summed E-state index contributed by atoms with van der Waals surface area (Å²) in [7, 11) is 1.93. The van der Waals surface area contributed by atoms with Gasteiger partial charge < -0.3 is 9.88 Å². The van der Waals surface area contributed by atoms with Crippen LogP contribution in [0.4, 0.5) is 0 Å². The molecule has 0 bridgehead atoms. The fourth-order valence-electron chi connectivity index (χ4n) is 1.95. The van der Waals surface area contributed by atoms with Crippen LogP contribution in [0.1, 0.15) is 24.0 Å². The molecule has 2 heterocycles. The zero-order valence-electron chi connectivity index (χ0n) is 10.6. The van der Waals surface area contributed by atoms with E-state index < -0.39 is 0 Å². The van der Waals surface area contributed by atoms with Crippen molar-refractivity contribution in [3.8, 4) is 0 Å². The number of rotatable bonds is 5. The molecule has 0 amide bonds. The molecule has 0 atom stereocenters. The fraction of sp³-hybridized carbons (Fsp3) is 0.500. The Morgan fingerprint density at radius 2 is 2.24 bits per heavy atom. The van der Waals surface area contributed by atoms with E-state index in [1.54, 1.807) is 0 Å². The van der Waals surface area contributed by atoms with Gasteiger partial charge in [0.05, 0.1) is 30.0 Å². The number of imidazole rings is 1. The van der Waals surface area contributed by atoms with Gasteiger partial charge in [-0.3, -0.25) is 4.68 Å². The molecule has 0 radical (unpaired) electrons. The van der Waals surface area contributed by atoms with Gasteiger partial charge in [0, 0.05) is 19.3 Å². The van der Waals surface area contributed by atoms with Crippen LogP contribution in [0.25, 0.3) is 0 Å². The standard InChI is InChI=1S/C12H19N5/c1-4-17-12(5-10(2)15-17)8-16-7-11(6-13-3)14-9-16/h5,7,9,13H,4,6,8H2,1-3H3. The number of nitrogens with zero attached hydrogens (tertiary/aromatic N) is 4. The highest BCUT2D eigenvalue weighted by Gasteiger charge is 2.05. The number of hydrogen-bond donors (Lipinski definition) is 1. The van der Waals surface area contributed by atoms with Gasteiger partial charge in [-0.15, -0.1) is 0 Å². The van der Waals surface area contributed by atoms with Crippen molar-refractivity contribution in [2.24, 2.45) is 0 Å². The summed E-state index contributed by atoms with van der Waals surface area (Å²) in [5, 5.41) is 7.53. The SMILES string of the molecule is CCn1nc(C)cc1Cn1cnc(CNC)c1. The minimum Gasteiger partial charge on any atom is -0.331 e. The summed E-state index contributed by atoms with van der Waals surface area (Å²) in [6.45, 7) is 6.66. The van der Waals surface area contributed by atoms with Crippen molar-refractivity contribution in [1.82, 2.24) is 24.6 Å². The Bertz CT molecular complexity index is 483. The first-order chi connectivity index (χ1) is 8.22. The maximum atomic E-state index is 4.44. The lowest BCUT2D eigenvalue weighted by Gasteiger charge is -2.04. The second-order valence-electron chi connectivity index (χ2n) is 4.16. The van der Waals surface area contributed by atoms with E-state index in [9.17, 15) is 0 Å². The van der Waals surface area contributed by atoms with Gasteiger partial charge >= 0.3 is 0 Å². The zero-order valence-corrected chi connectivity index (χ0v) is 10.6. The van der Waals surface area contributed by atoms with Crippen LogP contribution in [0, 0.1) is 6.92 Å². The monoisotopic (exact) mass is 233 g/mol. The molecule has 0 aromatic carbocycles. The van der Waals surface area contributed by atoms with Gasteiger partial charge in [-0.25, -0.2) is 4.98 Å². The highest BCUT2D eigenvalue weighted by molar-refractivity contribution is 5.10. The van der Waals surface area contributed by atoms with Crippen molar-refractivity contribution >= 4 is 0 Å². The summed E-state index contributed by atoms with van der Waals surface area (Å²) < 4.78 is 4.13. The highest BCUT2D eigenvalue weighted by atomic mass is 15.3. The quantitative estimate of drug-likeness (QED) is 0.843. The lowest BCUT2D eigenvalue weighted by Crippen LogP contribution is -2.07. The van der Waals surface area contributed by atoms with Gasteiger partial charge in [0.15, 0.2) is 0 Å². The second kappa shape index (κ2) is 5.14. The predicted molar refractivity (Wildman–Crippen MR) is 66.7 cm³/mol. The van der Waals surface area contributed by atoms with Crippen LogP contribution in [0.15, 0.2) is 18.6 Å². The van der Waals surface area contributed by atoms with Crippen LogP contribution >= 0.6 is 0 Å². The molecule has 92 valence electrons. The molecule has 0 saturated carbocycles. The van der Waals surface area contributed by atoms with Crippen molar-refractivity contribution in [2.75, 3.05) is 7.05 Å². The number of aryl methyl sites for hydroxylation is 2. The molecule has 1 N–H and O–H groups in total. The van der Waals surface area contributed by atoms with Crippen molar-refractivity contribution in [3.05, 3.63) is 35.7 Å². The third kappa shape index (κ3) is 2.74. The van der Waals surface area contributed by atoms with E-state index in [0.29, 0.717) is 0 Å². The molecule has 0 fully saturated rings. The Morgan fingerprint density at radius 3 is 2.94 bits per heavy atom. The average Bonchev–Trinajstić information content (AvgIpc) is 2.87. The lowest BCUT2D eigenvalue weighted by molar-refractivity contribution is 0.597. The largest absolute Gasteiger partial charge is 0.331 e. The first-order valence-electron chi connectivity index (χ1n) is 5.91. The summed E-state index contributed by atoms with van der Waals surface area (Å²) in [6.07, 6.45) is 3.94. The topological polar surface area (TPSA) is 47.7 Å². The molecule has 0 aliphatic carbocycles. The van der Waals surface area contributed by atoms with Crippen molar-refractivity contribution in [1.29, 1.82) is 0 Å². The van der Waals surface area contributed by atoms with Gasteiger partial charge in [0.25, 0.3) is 0 Å². The summed E-state index contributed by atoms with van der Waals surface area (Å²) in [4.78, 5) is 4.34. The molecule has 0 unspecified atom stereocenters. The van der Waals surface area contributed by atoms with E-state index in [0.717, 1.165) is 31.0 Å².